The Labute approximate surface area is 482 Å². The molecule has 0 aliphatic heterocycles. The summed E-state index contributed by atoms with van der Waals surface area (Å²) in [5, 5.41) is 12.7. The van der Waals surface area contributed by atoms with Gasteiger partial charge in [0.2, 0.25) is 0 Å². The van der Waals surface area contributed by atoms with Crippen LogP contribution in [0.4, 0.5) is 0 Å². The number of imidazole rings is 1. The van der Waals surface area contributed by atoms with Gasteiger partial charge >= 0.3 is 0 Å². The molecular weight excluding hydrogens is 1130 g/mol. The zero-order valence-electron chi connectivity index (χ0n) is 49.7. The Morgan fingerprint density at radius 3 is 1.63 bits per heavy atom. The Balaban J connectivity index is 0.00000803. The SMILES string of the molecule is CC(C)c1cc(C(C)C)c(-c2ccc(-c3ccnc(-c4[c-]c(-c5cccc6c5nc(-c5cc(C(C)(C)C)cc(C(C)(C)C)c5O)n6-c5ccc(C(C)(C)C)cc5-c5ccccc5)cc(C(C)(C)C)c4)c3)cc2)c(C(C)C)c1.[Pt]. The second-order valence-electron chi connectivity index (χ2n) is 26.7. The summed E-state index contributed by atoms with van der Waals surface area (Å²) >= 11 is 0. The fraction of sp³-hybridized carbons (Fsp3) is 0.342. The van der Waals surface area contributed by atoms with Crippen molar-refractivity contribution in [3.05, 3.63) is 191 Å². The summed E-state index contributed by atoms with van der Waals surface area (Å²) in [4.78, 5) is 10.8. The van der Waals surface area contributed by atoms with Crippen LogP contribution in [-0.4, -0.2) is 19.6 Å². The van der Waals surface area contributed by atoms with E-state index in [-0.39, 0.29) is 48.5 Å². The van der Waals surface area contributed by atoms with Crippen molar-refractivity contribution < 1.29 is 26.2 Å². The number of phenols is 1. The number of aromatic nitrogens is 3. The third-order valence-corrected chi connectivity index (χ3v) is 15.6. The minimum Gasteiger partial charge on any atom is -0.507 e. The molecule has 1 N–H and O–H groups in total. The molecule has 78 heavy (non-hydrogen) atoms. The van der Waals surface area contributed by atoms with Gasteiger partial charge in [0.25, 0.3) is 0 Å². The van der Waals surface area contributed by atoms with Gasteiger partial charge in [0.1, 0.15) is 11.6 Å². The molecule has 0 radical (unpaired) electrons. The van der Waals surface area contributed by atoms with E-state index in [1.165, 1.54) is 38.9 Å². The Bertz CT molecular complexity index is 3610. The van der Waals surface area contributed by atoms with Crippen LogP contribution in [0.5, 0.6) is 5.75 Å². The van der Waals surface area contributed by atoms with Crippen molar-refractivity contribution in [1.82, 2.24) is 14.5 Å². The third kappa shape index (κ3) is 11.5. The van der Waals surface area contributed by atoms with Gasteiger partial charge in [0.15, 0.2) is 0 Å². The molecule has 4 nitrogen and oxygen atoms in total. The number of rotatable bonds is 10. The molecule has 9 aromatic rings. The van der Waals surface area contributed by atoms with E-state index in [0.29, 0.717) is 29.1 Å². The molecule has 2 aromatic heterocycles. The summed E-state index contributed by atoms with van der Waals surface area (Å²) in [5.41, 5.74) is 22.1. The second-order valence-corrected chi connectivity index (χ2v) is 26.7. The maximum Gasteiger partial charge on any atom is 0.148 e. The molecule has 0 bridgehead atoms. The first-order valence-electron chi connectivity index (χ1n) is 28.0. The first-order valence-corrected chi connectivity index (χ1v) is 28.0. The van der Waals surface area contributed by atoms with Crippen molar-refractivity contribution in [2.75, 3.05) is 0 Å². The molecule has 0 saturated heterocycles. The van der Waals surface area contributed by atoms with Crippen LogP contribution in [0.25, 0.3) is 83.9 Å². The fourth-order valence-corrected chi connectivity index (χ4v) is 10.8. The summed E-state index contributed by atoms with van der Waals surface area (Å²) in [7, 11) is 0. The third-order valence-electron chi connectivity index (χ3n) is 15.6. The fourth-order valence-electron chi connectivity index (χ4n) is 10.8. The van der Waals surface area contributed by atoms with Gasteiger partial charge in [-0.1, -0.05) is 233 Å². The number of pyridine rings is 1. The minimum absolute atomic E-state index is 0. The van der Waals surface area contributed by atoms with Crippen LogP contribution in [-0.2, 0) is 42.7 Å². The van der Waals surface area contributed by atoms with E-state index in [1.807, 2.05) is 6.20 Å². The topological polar surface area (TPSA) is 50.9 Å². The number of nitrogens with zero attached hydrogens (tertiary/aromatic N) is 3. The number of fused-ring (bicyclic) bond motifs is 1. The van der Waals surface area contributed by atoms with Crippen molar-refractivity contribution in [3.63, 3.8) is 0 Å². The van der Waals surface area contributed by atoms with Crippen LogP contribution in [0.2, 0.25) is 0 Å². The number of para-hydroxylation sites is 1. The summed E-state index contributed by atoms with van der Waals surface area (Å²) in [6.45, 7) is 40.7. The van der Waals surface area contributed by atoms with Crippen molar-refractivity contribution >= 4 is 11.0 Å². The van der Waals surface area contributed by atoms with Gasteiger partial charge in [-0.15, -0.1) is 29.3 Å². The molecule has 0 amide bonds. The maximum atomic E-state index is 12.7. The van der Waals surface area contributed by atoms with Gasteiger partial charge in [-0.25, -0.2) is 4.98 Å². The summed E-state index contributed by atoms with van der Waals surface area (Å²) in [5.74, 6) is 2.20. The molecule has 0 aliphatic rings. The van der Waals surface area contributed by atoms with Crippen LogP contribution in [0.15, 0.2) is 146 Å². The average Bonchev–Trinajstić information content (AvgIpc) is 3.94. The van der Waals surface area contributed by atoms with Crippen LogP contribution in [0.1, 0.15) is 181 Å². The molecule has 2 heterocycles. The largest absolute Gasteiger partial charge is 0.507 e. The zero-order valence-corrected chi connectivity index (χ0v) is 52.0. The van der Waals surface area contributed by atoms with E-state index in [0.717, 1.165) is 72.5 Å². The maximum absolute atomic E-state index is 12.7. The smallest absolute Gasteiger partial charge is 0.148 e. The molecule has 0 saturated carbocycles. The standard InChI is InChI=1S/C73H82N3O.Pt/c1-44(2)51-38-58(45(3)4)66(59(39-51)46(5)6)49-29-27-47(28-30-49)50-33-34-74-63(40-50)53-35-52(36-55(37-53)71(10,11)12)57-25-22-26-65-67(57)75-69(61-42-56(72(13,14)15)43-62(68(61)77)73(16,17)18)76(65)64-32-31-54(70(7,8)9)41-60(64)48-23-20-19-21-24-48;/h19-34,36-46,77H,1-18H3;/q-1;. The van der Waals surface area contributed by atoms with Crippen molar-refractivity contribution in [2.45, 2.75) is 164 Å². The van der Waals surface area contributed by atoms with E-state index in [1.54, 1.807) is 0 Å². The van der Waals surface area contributed by atoms with Gasteiger partial charge in [0.05, 0.1) is 22.3 Å². The van der Waals surface area contributed by atoms with Crippen LogP contribution >= 0.6 is 0 Å². The normalized spacial score (nSPS) is 12.5. The Morgan fingerprint density at radius 2 is 1.05 bits per heavy atom. The summed E-state index contributed by atoms with van der Waals surface area (Å²) in [6, 6.07) is 55.2. The first-order chi connectivity index (χ1) is 36.1. The molecule has 0 fully saturated rings. The van der Waals surface area contributed by atoms with Gasteiger partial charge in [-0.3, -0.25) is 9.55 Å². The molecule has 406 valence electrons. The number of aromatic hydroxyl groups is 1. The van der Waals surface area contributed by atoms with E-state index in [2.05, 4.69) is 275 Å². The Morgan fingerprint density at radius 1 is 0.474 bits per heavy atom. The summed E-state index contributed by atoms with van der Waals surface area (Å²) in [6.07, 6.45) is 1.93. The van der Waals surface area contributed by atoms with E-state index in [4.69, 9.17) is 9.97 Å². The Kier molecular flexibility index (Phi) is 16.1. The van der Waals surface area contributed by atoms with Gasteiger partial charge in [0, 0.05) is 44.1 Å². The predicted molar refractivity (Wildman–Crippen MR) is 329 cm³/mol. The quantitative estimate of drug-likeness (QED) is 0.139. The van der Waals surface area contributed by atoms with E-state index >= 15 is 0 Å². The Hall–Kier alpha value is -6.35. The number of hydrogen-bond acceptors (Lipinski definition) is 3. The number of benzene rings is 7. The van der Waals surface area contributed by atoms with Crippen molar-refractivity contribution in [3.8, 4) is 78.6 Å². The molecule has 5 heteroatoms. The monoisotopic (exact) mass is 1210 g/mol. The van der Waals surface area contributed by atoms with E-state index in [9.17, 15) is 5.11 Å². The van der Waals surface area contributed by atoms with Gasteiger partial charge in [-0.2, -0.15) is 0 Å². The van der Waals surface area contributed by atoms with E-state index < -0.39 is 0 Å². The van der Waals surface area contributed by atoms with Crippen LogP contribution in [0, 0.1) is 6.07 Å². The zero-order chi connectivity index (χ0) is 55.7. The summed E-state index contributed by atoms with van der Waals surface area (Å²) < 4.78 is 2.29. The molecule has 9 rings (SSSR count). The molecule has 7 aromatic carbocycles. The van der Waals surface area contributed by atoms with Crippen molar-refractivity contribution in [2.24, 2.45) is 0 Å². The second kappa shape index (κ2) is 21.7. The molecular formula is C73H82N3OPt-. The van der Waals surface area contributed by atoms with Gasteiger partial charge in [-0.05, 0) is 125 Å². The minimum atomic E-state index is -0.339. The molecule has 0 atom stereocenters. The van der Waals surface area contributed by atoms with Crippen LogP contribution < -0.4 is 0 Å². The molecule has 0 unspecified atom stereocenters. The average molecular weight is 1210 g/mol. The number of hydrogen-bond donors (Lipinski definition) is 1. The van der Waals surface area contributed by atoms with Crippen molar-refractivity contribution in [1.29, 1.82) is 0 Å². The molecule has 0 spiro atoms. The number of phenolic OH excluding ortho intramolecular Hbond substituents is 1. The predicted octanol–water partition coefficient (Wildman–Crippen LogP) is 20.5. The van der Waals surface area contributed by atoms with Gasteiger partial charge < -0.3 is 5.11 Å². The first kappa shape index (κ1) is 57.8. The molecule has 0 aliphatic carbocycles. The van der Waals surface area contributed by atoms with Crippen LogP contribution in [0.3, 0.4) is 0 Å².